The molecule has 0 spiro atoms. The second-order valence-corrected chi connectivity index (χ2v) is 11.0. The Bertz CT molecular complexity index is 1640. The summed E-state index contributed by atoms with van der Waals surface area (Å²) in [6.45, 7) is 3.08. The first-order valence-corrected chi connectivity index (χ1v) is 14.4. The van der Waals surface area contributed by atoms with Gasteiger partial charge in [-0.3, -0.25) is 9.69 Å². The monoisotopic (exact) mass is 549 g/mol. The highest BCUT2D eigenvalue weighted by Gasteiger charge is 2.29. The summed E-state index contributed by atoms with van der Waals surface area (Å²) in [5, 5.41) is 12.9. The normalized spacial score (nSPS) is 13.5. The summed E-state index contributed by atoms with van der Waals surface area (Å²) < 4.78 is 13.7. The fraction of sp³-hybridized carbons (Fsp3) is 0.206. The molecular weight excluding hydrogens is 518 g/mol. The summed E-state index contributed by atoms with van der Waals surface area (Å²) in [5.74, 6) is 1.23. The molecule has 1 aromatic heterocycles. The lowest BCUT2D eigenvalue weighted by Crippen LogP contribution is -2.20. The molecule has 0 unspecified atom stereocenters. The van der Waals surface area contributed by atoms with Crippen LogP contribution in [0.15, 0.2) is 90.3 Å². The Balaban J connectivity index is 1.57. The molecule has 202 valence electrons. The van der Waals surface area contributed by atoms with Gasteiger partial charge in [0.25, 0.3) is 0 Å². The van der Waals surface area contributed by atoms with Crippen molar-refractivity contribution in [3.8, 4) is 28.4 Å². The first-order chi connectivity index (χ1) is 19.6. The third kappa shape index (κ3) is 5.20. The molecule has 0 radical (unpaired) electrons. The molecule has 0 bridgehead atoms. The molecule has 5 nitrogen and oxygen atoms in total. The Labute approximate surface area is 238 Å². The van der Waals surface area contributed by atoms with Crippen LogP contribution in [0.2, 0.25) is 0 Å². The largest absolute Gasteiger partial charge is 0.508 e. The van der Waals surface area contributed by atoms with E-state index in [0.29, 0.717) is 41.3 Å². The van der Waals surface area contributed by atoms with Crippen LogP contribution in [0.4, 0.5) is 0 Å². The molecule has 0 atom stereocenters. The van der Waals surface area contributed by atoms with Crippen LogP contribution in [-0.2, 0) is 13.2 Å². The number of aromatic hydroxyl groups is 1. The van der Waals surface area contributed by atoms with Crippen molar-refractivity contribution < 1.29 is 19.4 Å². The van der Waals surface area contributed by atoms with E-state index >= 15 is 0 Å². The first kappa shape index (κ1) is 26.1. The van der Waals surface area contributed by atoms with Gasteiger partial charge in [-0.2, -0.15) is 0 Å². The zero-order chi connectivity index (χ0) is 27.5. The SMILES string of the molecule is COc1c(CN2CCCC2)cc(OCc2ccccc2)c(C(=O)c2csc3ccccc23)c1-c1ccc(O)cc1. The summed E-state index contributed by atoms with van der Waals surface area (Å²) >= 11 is 1.56. The third-order valence-corrected chi connectivity index (χ3v) is 8.43. The number of fused-ring (bicyclic) bond motifs is 1. The molecule has 1 N–H and O–H groups in total. The van der Waals surface area contributed by atoms with Crippen LogP contribution in [0.1, 0.15) is 39.9 Å². The molecule has 1 aliphatic heterocycles. The topological polar surface area (TPSA) is 59.0 Å². The smallest absolute Gasteiger partial charge is 0.198 e. The van der Waals surface area contributed by atoms with E-state index in [-0.39, 0.29) is 11.5 Å². The van der Waals surface area contributed by atoms with Crippen molar-refractivity contribution in [1.29, 1.82) is 0 Å². The molecular formula is C34H31NO4S. The lowest BCUT2D eigenvalue weighted by atomic mass is 9.89. The summed E-state index contributed by atoms with van der Waals surface area (Å²) in [5.41, 5.74) is 4.56. The maximum atomic E-state index is 14.5. The highest BCUT2D eigenvalue weighted by Crippen LogP contribution is 2.45. The van der Waals surface area contributed by atoms with Gasteiger partial charge in [0.2, 0.25) is 0 Å². The standard InChI is InChI=1S/C34H31NO4S/c1-38-34-25(20-35-17-7-8-18-35)19-29(39-21-23-9-3-2-4-10-23)32(31(34)24-13-15-26(36)16-14-24)33(37)28-22-40-30-12-6-5-11-27(28)30/h2-6,9-16,19,22,36H,7-8,17-18,20-21H2,1H3. The second kappa shape index (κ2) is 11.5. The number of rotatable bonds is 9. The fourth-order valence-corrected chi connectivity index (χ4v) is 6.43. The highest BCUT2D eigenvalue weighted by atomic mass is 32.1. The van der Waals surface area contributed by atoms with E-state index in [1.807, 2.05) is 78.2 Å². The van der Waals surface area contributed by atoms with E-state index in [0.717, 1.165) is 39.9 Å². The van der Waals surface area contributed by atoms with Gasteiger partial charge in [-0.15, -0.1) is 11.3 Å². The molecule has 0 saturated carbocycles. The summed E-state index contributed by atoms with van der Waals surface area (Å²) in [6, 6.07) is 26.9. The second-order valence-electron chi connectivity index (χ2n) is 10.1. The molecule has 1 aliphatic rings. The number of carbonyl (C=O) groups is 1. The minimum atomic E-state index is -0.116. The molecule has 0 aliphatic carbocycles. The van der Waals surface area contributed by atoms with E-state index in [4.69, 9.17) is 9.47 Å². The Kier molecular flexibility index (Phi) is 7.53. The zero-order valence-corrected chi connectivity index (χ0v) is 23.2. The minimum Gasteiger partial charge on any atom is -0.508 e. The Morgan fingerprint density at radius 2 is 1.68 bits per heavy atom. The molecule has 6 heteroatoms. The number of likely N-dealkylation sites (tertiary alicyclic amines) is 1. The third-order valence-electron chi connectivity index (χ3n) is 7.46. The lowest BCUT2D eigenvalue weighted by Gasteiger charge is -2.24. The van der Waals surface area contributed by atoms with Crippen molar-refractivity contribution in [1.82, 2.24) is 4.90 Å². The molecule has 2 heterocycles. The number of carbonyl (C=O) groups excluding carboxylic acids is 1. The number of phenols is 1. The van der Waals surface area contributed by atoms with Gasteiger partial charge >= 0.3 is 0 Å². The number of benzene rings is 4. The van der Waals surface area contributed by atoms with Gasteiger partial charge in [0, 0.05) is 38.7 Å². The molecule has 6 rings (SSSR count). The summed E-state index contributed by atoms with van der Waals surface area (Å²) in [4.78, 5) is 17.0. The van der Waals surface area contributed by atoms with Crippen LogP contribution in [0, 0.1) is 0 Å². The average molecular weight is 550 g/mol. The number of hydrogen-bond acceptors (Lipinski definition) is 6. The maximum Gasteiger partial charge on any atom is 0.198 e. The van der Waals surface area contributed by atoms with Crippen LogP contribution in [-0.4, -0.2) is 36.0 Å². The summed E-state index contributed by atoms with van der Waals surface area (Å²) in [6.07, 6.45) is 2.35. The van der Waals surface area contributed by atoms with Crippen LogP contribution < -0.4 is 9.47 Å². The quantitative estimate of drug-likeness (QED) is 0.191. The minimum absolute atomic E-state index is 0.116. The van der Waals surface area contributed by atoms with E-state index in [1.165, 1.54) is 12.8 Å². The van der Waals surface area contributed by atoms with Crippen LogP contribution >= 0.6 is 11.3 Å². The van der Waals surface area contributed by atoms with E-state index in [1.54, 1.807) is 30.6 Å². The van der Waals surface area contributed by atoms with Gasteiger partial charge in [-0.05, 0) is 61.3 Å². The van der Waals surface area contributed by atoms with Gasteiger partial charge < -0.3 is 14.6 Å². The van der Waals surface area contributed by atoms with Crippen molar-refractivity contribution in [3.63, 3.8) is 0 Å². The van der Waals surface area contributed by atoms with E-state index < -0.39 is 0 Å². The number of thiophene rings is 1. The Morgan fingerprint density at radius 1 is 0.950 bits per heavy atom. The average Bonchev–Trinajstić information content (AvgIpc) is 3.66. The molecule has 5 aromatic rings. The highest BCUT2D eigenvalue weighted by molar-refractivity contribution is 7.17. The van der Waals surface area contributed by atoms with Gasteiger partial charge in [-0.25, -0.2) is 0 Å². The van der Waals surface area contributed by atoms with Crippen LogP contribution in [0.25, 0.3) is 21.2 Å². The molecule has 4 aromatic carbocycles. The van der Waals surface area contributed by atoms with E-state index in [2.05, 4.69) is 4.90 Å². The number of ketones is 1. The molecule has 40 heavy (non-hydrogen) atoms. The molecule has 1 saturated heterocycles. The predicted octanol–water partition coefficient (Wildman–Crippen LogP) is 7.69. The van der Waals surface area contributed by atoms with E-state index in [9.17, 15) is 9.90 Å². The molecule has 1 fully saturated rings. The lowest BCUT2D eigenvalue weighted by molar-refractivity contribution is 0.103. The number of ether oxygens (including phenoxy) is 2. The van der Waals surface area contributed by atoms with Crippen molar-refractivity contribution in [2.45, 2.75) is 26.0 Å². The number of methoxy groups -OCH3 is 1. The Hall–Kier alpha value is -4.13. The number of hydrogen-bond donors (Lipinski definition) is 1. The predicted molar refractivity (Wildman–Crippen MR) is 161 cm³/mol. The van der Waals surface area contributed by atoms with Crippen LogP contribution in [0.5, 0.6) is 17.2 Å². The van der Waals surface area contributed by atoms with Crippen molar-refractivity contribution in [2.24, 2.45) is 0 Å². The van der Waals surface area contributed by atoms with Crippen molar-refractivity contribution in [2.75, 3.05) is 20.2 Å². The van der Waals surface area contributed by atoms with Gasteiger partial charge in [-0.1, -0.05) is 60.7 Å². The summed E-state index contributed by atoms with van der Waals surface area (Å²) in [7, 11) is 1.66. The van der Waals surface area contributed by atoms with Gasteiger partial charge in [0.15, 0.2) is 5.78 Å². The van der Waals surface area contributed by atoms with Gasteiger partial charge in [0.05, 0.1) is 12.7 Å². The Morgan fingerprint density at radius 3 is 2.42 bits per heavy atom. The number of nitrogens with zero attached hydrogens (tertiary/aromatic N) is 1. The molecule has 0 amide bonds. The number of phenolic OH excluding ortho intramolecular Hbond substituents is 1. The fourth-order valence-electron chi connectivity index (χ4n) is 5.49. The van der Waals surface area contributed by atoms with Crippen molar-refractivity contribution in [3.05, 3.63) is 113 Å². The maximum absolute atomic E-state index is 14.5. The van der Waals surface area contributed by atoms with Gasteiger partial charge in [0.1, 0.15) is 23.9 Å². The van der Waals surface area contributed by atoms with Crippen molar-refractivity contribution >= 4 is 27.2 Å². The first-order valence-electron chi connectivity index (χ1n) is 13.6. The van der Waals surface area contributed by atoms with Crippen LogP contribution in [0.3, 0.4) is 0 Å². The zero-order valence-electron chi connectivity index (χ0n) is 22.4.